The van der Waals surface area contributed by atoms with Crippen molar-refractivity contribution in [2.75, 3.05) is 5.32 Å². The maximum atomic E-state index is 13.3. The fourth-order valence-corrected chi connectivity index (χ4v) is 3.95. The maximum absolute atomic E-state index is 13.3. The number of amides is 1. The molecule has 0 aliphatic rings. The quantitative estimate of drug-likeness (QED) is 0.405. The number of carbonyl (C=O) groups is 1. The molecule has 2 aromatic rings. The zero-order chi connectivity index (χ0) is 24.9. The Morgan fingerprint density at radius 1 is 1.21 bits per heavy atom. The van der Waals surface area contributed by atoms with Crippen molar-refractivity contribution in [2.24, 2.45) is 7.05 Å². The van der Waals surface area contributed by atoms with Crippen molar-refractivity contribution in [1.82, 2.24) is 9.55 Å². The second-order valence-electron chi connectivity index (χ2n) is 8.38. The lowest BCUT2D eigenvalue weighted by Crippen LogP contribution is -2.31. The van der Waals surface area contributed by atoms with Gasteiger partial charge in [-0.05, 0) is 44.4 Å². The molecule has 0 bridgehead atoms. The molecule has 3 N–H and O–H groups in total. The van der Waals surface area contributed by atoms with Crippen molar-refractivity contribution in [3.8, 4) is 0 Å². The molecule has 0 aromatic carbocycles. The highest BCUT2D eigenvalue weighted by atomic mass is 16.5. The molecule has 178 valence electrons. The van der Waals surface area contributed by atoms with Crippen molar-refractivity contribution in [3.05, 3.63) is 63.1 Å². The molecule has 33 heavy (non-hydrogen) atoms. The van der Waals surface area contributed by atoms with Crippen LogP contribution in [0, 0.1) is 0 Å². The number of hydrogen-bond acceptors (Lipinski definition) is 5. The average Bonchev–Trinajstić information content (AvgIpc) is 2.75. The van der Waals surface area contributed by atoms with Gasteiger partial charge in [0.15, 0.2) is 5.79 Å². The molecule has 1 amide bonds. The molecule has 0 fully saturated rings. The number of nitrogens with zero attached hydrogens (tertiary/aromatic N) is 2. The number of anilines is 1. The van der Waals surface area contributed by atoms with Crippen LogP contribution in [0.3, 0.4) is 0 Å². The van der Waals surface area contributed by atoms with E-state index in [-0.39, 0.29) is 17.9 Å². The molecule has 0 saturated carbocycles. The summed E-state index contributed by atoms with van der Waals surface area (Å²) in [4.78, 5) is 28.9. The molecule has 0 saturated heterocycles. The van der Waals surface area contributed by atoms with Gasteiger partial charge in [-0.15, -0.1) is 0 Å². The first kappa shape index (κ1) is 26.2. The van der Waals surface area contributed by atoms with Crippen molar-refractivity contribution < 1.29 is 15.0 Å². The number of hydrogen-bond donors (Lipinski definition) is 3. The van der Waals surface area contributed by atoms with Gasteiger partial charge in [-0.1, -0.05) is 38.0 Å². The van der Waals surface area contributed by atoms with Crippen LogP contribution in [0.2, 0.25) is 0 Å². The van der Waals surface area contributed by atoms with Gasteiger partial charge in [-0.25, -0.2) is 4.98 Å². The summed E-state index contributed by atoms with van der Waals surface area (Å²) in [5.41, 5.74) is 3.73. The fourth-order valence-electron chi connectivity index (χ4n) is 3.95. The third-order valence-corrected chi connectivity index (χ3v) is 5.80. The Bertz CT molecular complexity index is 1200. The molecule has 7 heteroatoms. The van der Waals surface area contributed by atoms with Crippen LogP contribution in [-0.2, 0) is 11.8 Å². The zero-order valence-electron chi connectivity index (χ0n) is 20.6. The van der Waals surface area contributed by atoms with E-state index in [9.17, 15) is 19.8 Å². The number of allylic oxidation sites excluding steroid dienone is 4. The van der Waals surface area contributed by atoms with Gasteiger partial charge in [0.1, 0.15) is 5.82 Å². The van der Waals surface area contributed by atoms with Crippen LogP contribution in [0.1, 0.15) is 66.4 Å². The molecule has 0 atom stereocenters. The van der Waals surface area contributed by atoms with Gasteiger partial charge < -0.3 is 20.1 Å². The van der Waals surface area contributed by atoms with Crippen LogP contribution in [0.25, 0.3) is 16.5 Å². The number of aliphatic hydroxyl groups is 2. The van der Waals surface area contributed by atoms with Crippen molar-refractivity contribution in [1.29, 1.82) is 0 Å². The second kappa shape index (κ2) is 10.7. The third kappa shape index (κ3) is 5.86. The molecule has 2 aromatic heterocycles. The fraction of sp³-hybridized carbons (Fsp3) is 0.423. The molecule has 0 aliphatic heterocycles. The molecule has 0 spiro atoms. The van der Waals surface area contributed by atoms with Crippen molar-refractivity contribution in [2.45, 2.75) is 66.6 Å². The third-order valence-electron chi connectivity index (χ3n) is 5.80. The first-order chi connectivity index (χ1) is 15.5. The number of pyridine rings is 2. The molecular formula is C26H35N3O4. The Hall–Kier alpha value is -3.03. The maximum Gasteiger partial charge on any atom is 0.258 e. The van der Waals surface area contributed by atoms with E-state index in [2.05, 4.69) is 10.3 Å². The highest BCUT2D eigenvalue weighted by molar-refractivity contribution is 5.91. The Morgan fingerprint density at radius 3 is 2.42 bits per heavy atom. The van der Waals surface area contributed by atoms with Gasteiger partial charge >= 0.3 is 0 Å². The number of carbonyl (C=O) groups excluding carboxylic acids is 1. The highest BCUT2D eigenvalue weighted by Crippen LogP contribution is 2.31. The Balaban J connectivity index is 2.66. The van der Waals surface area contributed by atoms with E-state index >= 15 is 0 Å². The van der Waals surface area contributed by atoms with E-state index in [0.717, 1.165) is 16.5 Å². The van der Waals surface area contributed by atoms with E-state index in [1.807, 2.05) is 40.7 Å². The lowest BCUT2D eigenvalue weighted by Gasteiger charge is -2.26. The van der Waals surface area contributed by atoms with E-state index < -0.39 is 5.79 Å². The molecular weight excluding hydrogens is 418 g/mol. The molecule has 7 nitrogen and oxygen atoms in total. The first-order valence-electron chi connectivity index (χ1n) is 11.2. The molecule has 0 aliphatic carbocycles. The van der Waals surface area contributed by atoms with Crippen LogP contribution >= 0.6 is 0 Å². The summed E-state index contributed by atoms with van der Waals surface area (Å²) in [5, 5.41) is 24.8. The van der Waals surface area contributed by atoms with Crippen LogP contribution in [0.15, 0.2) is 52.0 Å². The molecule has 0 radical (unpaired) electrons. The minimum absolute atomic E-state index is 0.200. The van der Waals surface area contributed by atoms with Gasteiger partial charge in [0.2, 0.25) is 5.91 Å². The second-order valence-corrected chi connectivity index (χ2v) is 8.38. The SMILES string of the molecule is C\C=C(/C(C)=C\C(=C(/C)CC)C(O)(O)CCC)c1cc2cnc(NC(C)=O)cc2n(C)c1=O. The topological polar surface area (TPSA) is 104 Å². The Morgan fingerprint density at radius 2 is 1.88 bits per heavy atom. The van der Waals surface area contributed by atoms with Crippen LogP contribution in [0.5, 0.6) is 0 Å². The van der Waals surface area contributed by atoms with E-state index in [1.54, 1.807) is 31.5 Å². The normalized spacial score (nSPS) is 13.8. The minimum atomic E-state index is -1.94. The first-order valence-corrected chi connectivity index (χ1v) is 11.2. The summed E-state index contributed by atoms with van der Waals surface area (Å²) in [5.74, 6) is -1.80. The van der Waals surface area contributed by atoms with E-state index in [4.69, 9.17) is 0 Å². The van der Waals surface area contributed by atoms with Gasteiger partial charge in [0, 0.05) is 49.2 Å². The van der Waals surface area contributed by atoms with Crippen LogP contribution in [-0.4, -0.2) is 31.5 Å². The summed E-state index contributed by atoms with van der Waals surface area (Å²) in [6.07, 6.45) is 6.76. The summed E-state index contributed by atoms with van der Waals surface area (Å²) in [6.45, 7) is 10.9. The van der Waals surface area contributed by atoms with Gasteiger partial charge in [-0.2, -0.15) is 0 Å². The van der Waals surface area contributed by atoms with E-state index in [0.29, 0.717) is 40.9 Å². The highest BCUT2D eigenvalue weighted by Gasteiger charge is 2.28. The number of fused-ring (bicyclic) bond motifs is 1. The standard InChI is InChI=1S/C26H35N3O4/c1-8-11-26(32,33)22(16(4)9-2)12-17(5)20(10-3)21-13-19-15-27-24(28-18(6)30)14-23(19)29(7)25(21)31/h10,12-15,32-33H,8-9,11H2,1-7H3,(H,27,28,30)/b17-12-,20-10+,22-16-. The minimum Gasteiger partial charge on any atom is -0.362 e. The summed E-state index contributed by atoms with van der Waals surface area (Å²) in [6, 6.07) is 3.45. The predicted molar refractivity (Wildman–Crippen MR) is 134 cm³/mol. The van der Waals surface area contributed by atoms with Crippen molar-refractivity contribution >= 4 is 28.2 Å². The van der Waals surface area contributed by atoms with Gasteiger partial charge in [0.05, 0.1) is 5.52 Å². The smallest absolute Gasteiger partial charge is 0.258 e. The summed E-state index contributed by atoms with van der Waals surface area (Å²) in [7, 11) is 1.68. The zero-order valence-corrected chi connectivity index (χ0v) is 20.6. The predicted octanol–water partition coefficient (Wildman–Crippen LogP) is 4.45. The van der Waals surface area contributed by atoms with Crippen LogP contribution in [0.4, 0.5) is 5.82 Å². The number of nitrogens with one attached hydrogen (secondary N) is 1. The lowest BCUT2D eigenvalue weighted by molar-refractivity contribution is -0.131. The summed E-state index contributed by atoms with van der Waals surface area (Å²) >= 11 is 0. The molecule has 0 unspecified atom stereocenters. The largest absolute Gasteiger partial charge is 0.362 e. The average molecular weight is 454 g/mol. The Kier molecular flexibility index (Phi) is 8.52. The number of rotatable bonds is 8. The Labute approximate surface area is 195 Å². The lowest BCUT2D eigenvalue weighted by atomic mass is 9.90. The molecule has 2 heterocycles. The van der Waals surface area contributed by atoms with Crippen LogP contribution < -0.4 is 10.9 Å². The van der Waals surface area contributed by atoms with E-state index in [1.165, 1.54) is 11.5 Å². The van der Waals surface area contributed by atoms with Gasteiger partial charge in [-0.3, -0.25) is 9.59 Å². The van der Waals surface area contributed by atoms with Crippen molar-refractivity contribution in [3.63, 3.8) is 0 Å². The van der Waals surface area contributed by atoms with Gasteiger partial charge in [0.25, 0.3) is 5.56 Å². The number of aromatic nitrogens is 2. The number of aryl methyl sites for hydroxylation is 1. The molecule has 2 rings (SSSR count). The monoisotopic (exact) mass is 453 g/mol. The summed E-state index contributed by atoms with van der Waals surface area (Å²) < 4.78 is 1.53.